The Balaban J connectivity index is 1.26. The van der Waals surface area contributed by atoms with Gasteiger partial charge in [0.1, 0.15) is 0 Å². The van der Waals surface area contributed by atoms with Crippen LogP contribution in [0.3, 0.4) is 0 Å². The van der Waals surface area contributed by atoms with Crippen LogP contribution in [0.25, 0.3) is 11.1 Å². The lowest BCUT2D eigenvalue weighted by Crippen LogP contribution is -2.62. The van der Waals surface area contributed by atoms with Gasteiger partial charge in [0.2, 0.25) is 0 Å². The van der Waals surface area contributed by atoms with Gasteiger partial charge in [-0.1, -0.05) is 137 Å². The maximum atomic E-state index is 2.71. The first-order valence-corrected chi connectivity index (χ1v) is 20.3. The molecule has 11 rings (SSSR count). The summed E-state index contributed by atoms with van der Waals surface area (Å²) in [4.78, 5) is 7.84. The van der Waals surface area contributed by atoms with Crippen LogP contribution >= 0.6 is 0 Å². The summed E-state index contributed by atoms with van der Waals surface area (Å²) in [6, 6.07) is 61.7. The van der Waals surface area contributed by atoms with E-state index in [0.717, 1.165) is 6.42 Å². The highest BCUT2D eigenvalue weighted by Crippen LogP contribution is 2.65. The van der Waals surface area contributed by atoms with Crippen LogP contribution in [0, 0.1) is 0 Å². The molecule has 0 saturated heterocycles. The molecule has 2 unspecified atom stereocenters. The van der Waals surface area contributed by atoms with E-state index in [1.807, 2.05) is 0 Å². The maximum Gasteiger partial charge on any atom is 0.252 e. The lowest BCUT2D eigenvalue weighted by atomic mass is 9.33. The number of hydrogen-bond acceptors (Lipinski definition) is 3. The first kappa shape index (κ1) is 33.4. The highest BCUT2D eigenvalue weighted by atomic mass is 15.3. The Morgan fingerprint density at radius 2 is 1.07 bits per heavy atom. The molecular formula is C52H46BN3. The van der Waals surface area contributed by atoms with Gasteiger partial charge in [0.15, 0.2) is 0 Å². The van der Waals surface area contributed by atoms with E-state index in [2.05, 4.69) is 213 Å². The van der Waals surface area contributed by atoms with E-state index in [9.17, 15) is 0 Å². The monoisotopic (exact) mass is 723 g/mol. The molecule has 4 heteroatoms. The fourth-order valence-corrected chi connectivity index (χ4v) is 10.6. The summed E-state index contributed by atoms with van der Waals surface area (Å²) in [5.74, 6) is 0. The van der Waals surface area contributed by atoms with Gasteiger partial charge >= 0.3 is 0 Å². The van der Waals surface area contributed by atoms with Crippen LogP contribution in [-0.4, -0.2) is 12.3 Å². The van der Waals surface area contributed by atoms with Crippen molar-refractivity contribution in [2.24, 2.45) is 0 Å². The van der Waals surface area contributed by atoms with Crippen molar-refractivity contribution in [3.8, 4) is 11.1 Å². The molecule has 0 aromatic heterocycles. The standard InChI is InChI=1S/C52H46BN3/c1-50(2,3)36-28-29-43(39(32-36)35-18-8-6-9-19-35)55-46-27-17-14-24-42(46)53-41-23-13-16-26-45(41)54(37-20-10-7-11-21-37)47-33-38(34-48(55)49(47)53)56-44-25-15-12-22-40(44)51(4)30-31-52(51,56)5/h6-29,32-34H,30-31H2,1-5H3. The van der Waals surface area contributed by atoms with Crippen LogP contribution in [-0.2, 0) is 10.8 Å². The Morgan fingerprint density at radius 1 is 0.500 bits per heavy atom. The molecule has 0 bridgehead atoms. The Hall–Kier alpha value is -6.00. The zero-order valence-electron chi connectivity index (χ0n) is 32.9. The number of para-hydroxylation sites is 4. The first-order valence-electron chi connectivity index (χ1n) is 20.3. The largest absolute Gasteiger partial charge is 0.334 e. The SMILES string of the molecule is CC(C)(C)c1ccc(N2c3ccccc3B3c4ccccc4N(c4ccccc4)c4cc(N5c6ccccc6C6(C)CCC56C)cc2c43)c(-c2ccccc2)c1. The molecule has 0 spiro atoms. The summed E-state index contributed by atoms with van der Waals surface area (Å²) >= 11 is 0. The molecule has 0 amide bonds. The van der Waals surface area contributed by atoms with Gasteiger partial charge in [-0.2, -0.15) is 0 Å². The number of anilines is 8. The normalized spacial score (nSPS) is 20.1. The van der Waals surface area contributed by atoms with Gasteiger partial charge in [0, 0.05) is 50.8 Å². The molecule has 272 valence electrons. The number of rotatable bonds is 4. The molecule has 3 nitrogen and oxygen atoms in total. The van der Waals surface area contributed by atoms with Crippen LogP contribution in [0.1, 0.15) is 58.6 Å². The summed E-state index contributed by atoms with van der Waals surface area (Å²) in [7, 11) is 0. The highest BCUT2D eigenvalue weighted by molar-refractivity contribution is 7.00. The minimum Gasteiger partial charge on any atom is -0.334 e. The first-order chi connectivity index (χ1) is 27.2. The van der Waals surface area contributed by atoms with Crippen molar-refractivity contribution in [3.63, 3.8) is 0 Å². The Labute approximate surface area is 332 Å². The van der Waals surface area contributed by atoms with Crippen molar-refractivity contribution in [2.45, 2.75) is 63.8 Å². The molecule has 0 N–H and O–H groups in total. The Kier molecular flexibility index (Phi) is 7.00. The lowest BCUT2D eigenvalue weighted by Gasteiger charge is -2.56. The Bertz CT molecular complexity index is 2700. The van der Waals surface area contributed by atoms with Gasteiger partial charge in [-0.05, 0) is 113 Å². The predicted molar refractivity (Wildman–Crippen MR) is 238 cm³/mol. The van der Waals surface area contributed by atoms with Crippen LogP contribution < -0.4 is 31.1 Å². The third-order valence-electron chi connectivity index (χ3n) is 13.9. The molecule has 1 saturated carbocycles. The maximum absolute atomic E-state index is 2.71. The second kappa shape index (κ2) is 11.8. The summed E-state index contributed by atoms with van der Waals surface area (Å²) in [5.41, 5.74) is 19.2. The fourth-order valence-electron chi connectivity index (χ4n) is 10.6. The minimum absolute atomic E-state index is 0.0000496. The van der Waals surface area contributed by atoms with Gasteiger partial charge in [-0.3, -0.25) is 0 Å². The summed E-state index contributed by atoms with van der Waals surface area (Å²) in [6.45, 7) is 12.0. The topological polar surface area (TPSA) is 9.72 Å². The molecule has 0 radical (unpaired) electrons. The Morgan fingerprint density at radius 3 is 1.71 bits per heavy atom. The van der Waals surface area contributed by atoms with Crippen molar-refractivity contribution in [2.75, 3.05) is 14.7 Å². The van der Waals surface area contributed by atoms with E-state index < -0.39 is 0 Å². The molecule has 7 aromatic carbocycles. The third-order valence-corrected chi connectivity index (χ3v) is 13.9. The highest BCUT2D eigenvalue weighted by Gasteiger charge is 2.63. The molecule has 56 heavy (non-hydrogen) atoms. The van der Waals surface area contributed by atoms with Crippen molar-refractivity contribution in [1.29, 1.82) is 0 Å². The average molecular weight is 724 g/mol. The molecule has 7 aromatic rings. The molecule has 1 aliphatic carbocycles. The van der Waals surface area contributed by atoms with E-state index in [1.54, 1.807) is 0 Å². The van der Waals surface area contributed by atoms with Crippen molar-refractivity contribution < 1.29 is 0 Å². The van der Waals surface area contributed by atoms with Crippen LogP contribution in [0.4, 0.5) is 45.5 Å². The summed E-state index contributed by atoms with van der Waals surface area (Å²) < 4.78 is 0. The molecular weight excluding hydrogens is 677 g/mol. The van der Waals surface area contributed by atoms with Crippen molar-refractivity contribution >= 4 is 68.6 Å². The second-order valence-electron chi connectivity index (χ2n) is 17.8. The number of nitrogens with zero attached hydrogens (tertiary/aromatic N) is 3. The smallest absolute Gasteiger partial charge is 0.252 e. The molecule has 4 aliphatic rings. The van der Waals surface area contributed by atoms with Crippen molar-refractivity contribution in [1.82, 2.24) is 0 Å². The zero-order chi connectivity index (χ0) is 38.0. The van der Waals surface area contributed by atoms with Gasteiger partial charge in [0.25, 0.3) is 6.71 Å². The van der Waals surface area contributed by atoms with Crippen molar-refractivity contribution in [3.05, 3.63) is 175 Å². The van der Waals surface area contributed by atoms with E-state index in [1.165, 1.54) is 90.6 Å². The average Bonchev–Trinajstić information content (AvgIpc) is 3.35. The summed E-state index contributed by atoms with van der Waals surface area (Å²) in [5, 5.41) is 0. The molecule has 3 aliphatic heterocycles. The zero-order valence-corrected chi connectivity index (χ0v) is 32.9. The molecule has 3 heterocycles. The number of hydrogen-bond donors (Lipinski definition) is 0. The van der Waals surface area contributed by atoms with E-state index in [-0.39, 0.29) is 23.1 Å². The lowest BCUT2D eigenvalue weighted by molar-refractivity contribution is 0.133. The third kappa shape index (κ3) is 4.47. The van der Waals surface area contributed by atoms with Crippen LogP contribution in [0.2, 0.25) is 0 Å². The van der Waals surface area contributed by atoms with Gasteiger partial charge in [0.05, 0.1) is 11.2 Å². The quantitative estimate of drug-likeness (QED) is 0.167. The van der Waals surface area contributed by atoms with Gasteiger partial charge < -0.3 is 14.7 Å². The second-order valence-corrected chi connectivity index (χ2v) is 17.8. The van der Waals surface area contributed by atoms with Gasteiger partial charge in [-0.25, -0.2) is 0 Å². The van der Waals surface area contributed by atoms with Gasteiger partial charge in [-0.15, -0.1) is 0 Å². The van der Waals surface area contributed by atoms with E-state index >= 15 is 0 Å². The van der Waals surface area contributed by atoms with Crippen LogP contribution in [0.5, 0.6) is 0 Å². The number of fused-ring (bicyclic) bond motifs is 7. The fraction of sp³-hybridized carbons (Fsp3) is 0.192. The minimum atomic E-state index is -0.0395. The number of benzene rings is 7. The molecule has 2 atom stereocenters. The summed E-state index contributed by atoms with van der Waals surface area (Å²) in [6.07, 6.45) is 2.35. The van der Waals surface area contributed by atoms with E-state index in [4.69, 9.17) is 0 Å². The van der Waals surface area contributed by atoms with E-state index in [0.29, 0.717) is 0 Å². The predicted octanol–water partition coefficient (Wildman–Crippen LogP) is 11.7. The molecule has 1 fully saturated rings. The van der Waals surface area contributed by atoms with Crippen LogP contribution in [0.15, 0.2) is 164 Å².